The Morgan fingerprint density at radius 2 is 2.06 bits per heavy atom. The molecular formula is C14H19N3O. The minimum atomic E-state index is -0.0701. The highest BCUT2D eigenvalue weighted by Gasteiger charge is 2.05. The predicted octanol–water partition coefficient (Wildman–Crippen LogP) is 2.26. The number of carbonyl (C=O) groups is 1. The number of rotatable bonds is 2. The quantitative estimate of drug-likeness (QED) is 0.865. The Labute approximate surface area is 107 Å². The second-order valence-corrected chi connectivity index (χ2v) is 4.79. The summed E-state index contributed by atoms with van der Waals surface area (Å²) in [7, 11) is 5.53. The van der Waals surface area contributed by atoms with Gasteiger partial charge in [-0.3, -0.25) is 0 Å². The molecule has 0 aliphatic heterocycles. The number of hydrogen-bond acceptors (Lipinski definition) is 1. The van der Waals surface area contributed by atoms with Gasteiger partial charge in [0.1, 0.15) is 0 Å². The number of urea groups is 1. The van der Waals surface area contributed by atoms with Crippen molar-refractivity contribution in [1.29, 1.82) is 0 Å². The molecule has 1 N–H and O–H groups in total. The number of aryl methyl sites for hydroxylation is 2. The summed E-state index contributed by atoms with van der Waals surface area (Å²) in [4.78, 5) is 13.0. The predicted molar refractivity (Wildman–Crippen MR) is 73.6 cm³/mol. The van der Waals surface area contributed by atoms with Crippen LogP contribution in [-0.4, -0.2) is 29.6 Å². The summed E-state index contributed by atoms with van der Waals surface area (Å²) in [6.07, 6.45) is 0. The summed E-state index contributed by atoms with van der Waals surface area (Å²) < 4.78 is 2.16. The van der Waals surface area contributed by atoms with Gasteiger partial charge in [0.2, 0.25) is 0 Å². The number of hydrogen-bond donors (Lipinski definition) is 1. The Kier molecular flexibility index (Phi) is 3.28. The van der Waals surface area contributed by atoms with Crippen molar-refractivity contribution in [3.05, 3.63) is 35.5 Å². The summed E-state index contributed by atoms with van der Waals surface area (Å²) in [5.41, 5.74) is 3.57. The van der Waals surface area contributed by atoms with E-state index in [4.69, 9.17) is 0 Å². The van der Waals surface area contributed by atoms with Gasteiger partial charge in [-0.25, -0.2) is 4.79 Å². The van der Waals surface area contributed by atoms with Crippen molar-refractivity contribution in [2.45, 2.75) is 13.5 Å². The molecule has 1 heterocycles. The Balaban J connectivity index is 2.18. The first-order valence-electron chi connectivity index (χ1n) is 5.99. The Morgan fingerprint density at radius 3 is 2.72 bits per heavy atom. The maximum atomic E-state index is 11.4. The second kappa shape index (κ2) is 4.72. The topological polar surface area (TPSA) is 37.3 Å². The number of benzene rings is 1. The van der Waals surface area contributed by atoms with Crippen molar-refractivity contribution in [3.8, 4) is 0 Å². The molecule has 18 heavy (non-hydrogen) atoms. The molecular weight excluding hydrogens is 226 g/mol. The molecule has 4 nitrogen and oxygen atoms in total. The zero-order valence-electron chi connectivity index (χ0n) is 11.3. The minimum absolute atomic E-state index is 0.0701. The maximum Gasteiger partial charge on any atom is 0.317 e. The lowest BCUT2D eigenvalue weighted by atomic mass is 10.1. The molecule has 0 aliphatic rings. The number of aromatic nitrogens is 1. The maximum absolute atomic E-state index is 11.4. The van der Waals surface area contributed by atoms with Crippen LogP contribution in [0.5, 0.6) is 0 Å². The zero-order chi connectivity index (χ0) is 13.3. The third-order valence-electron chi connectivity index (χ3n) is 3.20. The van der Waals surface area contributed by atoms with Gasteiger partial charge in [0.25, 0.3) is 0 Å². The number of nitrogens with one attached hydrogen (secondary N) is 1. The number of fused-ring (bicyclic) bond motifs is 1. The van der Waals surface area contributed by atoms with Crippen molar-refractivity contribution >= 4 is 16.9 Å². The first-order chi connectivity index (χ1) is 8.49. The van der Waals surface area contributed by atoms with Gasteiger partial charge in [0.05, 0.1) is 0 Å². The lowest BCUT2D eigenvalue weighted by molar-refractivity contribution is 0.217. The zero-order valence-corrected chi connectivity index (χ0v) is 11.3. The Morgan fingerprint density at radius 1 is 1.33 bits per heavy atom. The Hall–Kier alpha value is -1.97. The lowest BCUT2D eigenvalue weighted by Gasteiger charge is -2.12. The number of amides is 2. The van der Waals surface area contributed by atoms with Crippen LogP contribution in [0.2, 0.25) is 0 Å². The SMILES string of the molecule is Cc1cc2cc(CNC(=O)N(C)C)ccc2n1C. The van der Waals surface area contributed by atoms with Crippen molar-refractivity contribution < 1.29 is 4.79 Å². The van der Waals surface area contributed by atoms with Gasteiger partial charge in [0, 0.05) is 44.3 Å². The lowest BCUT2D eigenvalue weighted by Crippen LogP contribution is -2.33. The highest BCUT2D eigenvalue weighted by Crippen LogP contribution is 2.19. The molecule has 2 rings (SSSR count). The summed E-state index contributed by atoms with van der Waals surface area (Å²) in [6, 6.07) is 8.36. The first-order valence-corrected chi connectivity index (χ1v) is 5.99. The van der Waals surface area contributed by atoms with Crippen molar-refractivity contribution in [3.63, 3.8) is 0 Å². The molecule has 0 fully saturated rings. The molecule has 1 aromatic heterocycles. The van der Waals surface area contributed by atoms with E-state index in [1.165, 1.54) is 21.5 Å². The van der Waals surface area contributed by atoms with Crippen molar-refractivity contribution in [1.82, 2.24) is 14.8 Å². The molecule has 0 bridgehead atoms. The van der Waals surface area contributed by atoms with Crippen LogP contribution in [0, 0.1) is 6.92 Å². The third kappa shape index (κ3) is 2.32. The first kappa shape index (κ1) is 12.5. The molecule has 0 saturated heterocycles. The molecule has 1 aromatic carbocycles. The molecule has 2 amide bonds. The number of nitrogens with zero attached hydrogens (tertiary/aromatic N) is 2. The fraction of sp³-hybridized carbons (Fsp3) is 0.357. The van der Waals surface area contributed by atoms with Gasteiger partial charge in [-0.15, -0.1) is 0 Å². The van der Waals surface area contributed by atoms with E-state index >= 15 is 0 Å². The molecule has 0 unspecified atom stereocenters. The fourth-order valence-electron chi connectivity index (χ4n) is 1.98. The van der Waals surface area contributed by atoms with Crippen LogP contribution in [0.15, 0.2) is 24.3 Å². The van der Waals surface area contributed by atoms with Gasteiger partial charge in [0.15, 0.2) is 0 Å². The second-order valence-electron chi connectivity index (χ2n) is 4.79. The van der Waals surface area contributed by atoms with Gasteiger partial charge in [-0.05, 0) is 30.7 Å². The summed E-state index contributed by atoms with van der Waals surface area (Å²) in [5.74, 6) is 0. The highest BCUT2D eigenvalue weighted by molar-refractivity contribution is 5.82. The highest BCUT2D eigenvalue weighted by atomic mass is 16.2. The molecule has 0 atom stereocenters. The average molecular weight is 245 g/mol. The van der Waals surface area contributed by atoms with Gasteiger partial charge in [-0.1, -0.05) is 6.07 Å². The Bertz CT molecular complexity index is 584. The van der Waals surface area contributed by atoms with E-state index in [1.807, 2.05) is 0 Å². The van der Waals surface area contributed by atoms with E-state index in [1.54, 1.807) is 14.1 Å². The monoisotopic (exact) mass is 245 g/mol. The molecule has 0 spiro atoms. The van der Waals surface area contributed by atoms with Crippen LogP contribution in [0.25, 0.3) is 10.9 Å². The third-order valence-corrected chi connectivity index (χ3v) is 3.20. The van der Waals surface area contributed by atoms with Crippen LogP contribution < -0.4 is 5.32 Å². The van der Waals surface area contributed by atoms with Crippen LogP contribution >= 0.6 is 0 Å². The summed E-state index contributed by atoms with van der Waals surface area (Å²) >= 11 is 0. The van der Waals surface area contributed by atoms with E-state index in [2.05, 4.69) is 48.1 Å². The van der Waals surface area contributed by atoms with Crippen molar-refractivity contribution in [2.24, 2.45) is 7.05 Å². The van der Waals surface area contributed by atoms with E-state index in [9.17, 15) is 4.79 Å². The van der Waals surface area contributed by atoms with E-state index in [-0.39, 0.29) is 6.03 Å². The smallest absolute Gasteiger partial charge is 0.317 e. The molecule has 96 valence electrons. The minimum Gasteiger partial charge on any atom is -0.348 e. The standard InChI is InChI=1S/C14H19N3O/c1-10-7-12-8-11(5-6-13(12)17(10)4)9-15-14(18)16(2)3/h5-8H,9H2,1-4H3,(H,15,18). The molecule has 4 heteroatoms. The van der Waals surface area contributed by atoms with Crippen LogP contribution in [0.1, 0.15) is 11.3 Å². The van der Waals surface area contributed by atoms with Crippen LogP contribution in [0.3, 0.4) is 0 Å². The largest absolute Gasteiger partial charge is 0.348 e. The van der Waals surface area contributed by atoms with E-state index in [0.29, 0.717) is 6.54 Å². The van der Waals surface area contributed by atoms with Gasteiger partial charge < -0.3 is 14.8 Å². The summed E-state index contributed by atoms with van der Waals surface area (Å²) in [6.45, 7) is 2.65. The molecule has 2 aromatic rings. The average Bonchev–Trinajstić information content (AvgIpc) is 2.61. The summed E-state index contributed by atoms with van der Waals surface area (Å²) in [5, 5.41) is 4.08. The number of carbonyl (C=O) groups excluding carboxylic acids is 1. The van der Waals surface area contributed by atoms with E-state index in [0.717, 1.165) is 5.56 Å². The van der Waals surface area contributed by atoms with Crippen LogP contribution in [0.4, 0.5) is 4.79 Å². The van der Waals surface area contributed by atoms with E-state index < -0.39 is 0 Å². The van der Waals surface area contributed by atoms with Gasteiger partial charge >= 0.3 is 6.03 Å². The van der Waals surface area contributed by atoms with Crippen LogP contribution in [-0.2, 0) is 13.6 Å². The fourth-order valence-corrected chi connectivity index (χ4v) is 1.98. The molecule has 0 aliphatic carbocycles. The van der Waals surface area contributed by atoms with Gasteiger partial charge in [-0.2, -0.15) is 0 Å². The molecule has 0 saturated carbocycles. The normalized spacial score (nSPS) is 10.7. The molecule has 0 radical (unpaired) electrons. The van der Waals surface area contributed by atoms with Crippen molar-refractivity contribution in [2.75, 3.05) is 14.1 Å².